The summed E-state index contributed by atoms with van der Waals surface area (Å²) in [6, 6.07) is 3.73. The third kappa shape index (κ3) is 3.05. The van der Waals surface area contributed by atoms with Crippen LogP contribution in [0.4, 0.5) is 0 Å². The average molecular weight is 294 g/mol. The number of nitrogens with zero attached hydrogens (tertiary/aromatic N) is 2. The van der Waals surface area contributed by atoms with Crippen molar-refractivity contribution in [3.05, 3.63) is 29.6 Å². The zero-order chi connectivity index (χ0) is 14.5. The number of hydrogen-bond donors (Lipinski definition) is 0. The molecule has 6 nitrogen and oxygen atoms in total. The Balaban J connectivity index is 2.10. The van der Waals surface area contributed by atoms with Crippen LogP contribution in [0.1, 0.15) is 16.9 Å². The van der Waals surface area contributed by atoms with E-state index in [0.29, 0.717) is 5.76 Å². The van der Waals surface area contributed by atoms with Gasteiger partial charge in [-0.15, -0.1) is 11.3 Å². The lowest BCUT2D eigenvalue weighted by atomic mass is 10.2. The highest BCUT2D eigenvalue weighted by Gasteiger charge is 2.22. The van der Waals surface area contributed by atoms with Gasteiger partial charge in [0.25, 0.3) is 5.91 Å². The maximum atomic E-state index is 12.3. The van der Waals surface area contributed by atoms with Gasteiger partial charge in [0.15, 0.2) is 17.8 Å². The summed E-state index contributed by atoms with van der Waals surface area (Å²) in [7, 11) is 2.93. The highest BCUT2D eigenvalue weighted by Crippen LogP contribution is 2.28. The van der Waals surface area contributed by atoms with Crippen LogP contribution in [-0.2, 0) is 9.53 Å². The summed E-state index contributed by atoms with van der Waals surface area (Å²) in [6.45, 7) is 0.266. The minimum Gasteiger partial charge on any atom is -0.469 e. The Morgan fingerprint density at radius 1 is 1.50 bits per heavy atom. The van der Waals surface area contributed by atoms with Gasteiger partial charge in [-0.05, 0) is 11.4 Å². The number of carbonyl (C=O) groups excluding carboxylic acids is 2. The van der Waals surface area contributed by atoms with Crippen LogP contribution in [0.25, 0.3) is 10.6 Å². The van der Waals surface area contributed by atoms with E-state index in [2.05, 4.69) is 9.72 Å². The van der Waals surface area contributed by atoms with E-state index in [-0.39, 0.29) is 30.5 Å². The van der Waals surface area contributed by atoms with Gasteiger partial charge in [0.1, 0.15) is 0 Å². The first kappa shape index (κ1) is 14.3. The first-order chi connectivity index (χ1) is 9.63. The lowest BCUT2D eigenvalue weighted by Gasteiger charge is -2.15. The van der Waals surface area contributed by atoms with E-state index in [1.54, 1.807) is 7.05 Å². The van der Waals surface area contributed by atoms with E-state index in [0.717, 1.165) is 4.88 Å². The molecule has 0 aliphatic carbocycles. The molecule has 0 atom stereocenters. The molecule has 2 aromatic rings. The van der Waals surface area contributed by atoms with Gasteiger partial charge in [-0.3, -0.25) is 9.59 Å². The third-order valence-electron chi connectivity index (χ3n) is 2.74. The molecule has 0 saturated carbocycles. The van der Waals surface area contributed by atoms with E-state index in [4.69, 9.17) is 4.42 Å². The van der Waals surface area contributed by atoms with Crippen LogP contribution < -0.4 is 0 Å². The molecule has 106 valence electrons. The molecule has 1 amide bonds. The number of rotatable bonds is 5. The lowest BCUT2D eigenvalue weighted by molar-refractivity contribution is -0.140. The number of ether oxygens (including phenoxy) is 1. The van der Waals surface area contributed by atoms with Gasteiger partial charge in [-0.1, -0.05) is 6.07 Å². The Morgan fingerprint density at radius 3 is 2.95 bits per heavy atom. The maximum Gasteiger partial charge on any atom is 0.307 e. The predicted molar refractivity (Wildman–Crippen MR) is 73.4 cm³/mol. The van der Waals surface area contributed by atoms with Gasteiger partial charge >= 0.3 is 5.97 Å². The largest absolute Gasteiger partial charge is 0.469 e. The first-order valence-electron chi connectivity index (χ1n) is 5.93. The number of aromatic nitrogens is 1. The van der Waals surface area contributed by atoms with Gasteiger partial charge in [0.05, 0.1) is 18.4 Å². The van der Waals surface area contributed by atoms with Crippen molar-refractivity contribution in [2.45, 2.75) is 6.42 Å². The summed E-state index contributed by atoms with van der Waals surface area (Å²) < 4.78 is 9.83. The van der Waals surface area contributed by atoms with Gasteiger partial charge in [0.2, 0.25) is 0 Å². The fourth-order valence-corrected chi connectivity index (χ4v) is 2.34. The molecular formula is C13H14N2O4S. The first-order valence-corrected chi connectivity index (χ1v) is 6.81. The second-order valence-electron chi connectivity index (χ2n) is 4.06. The fourth-order valence-electron chi connectivity index (χ4n) is 1.62. The van der Waals surface area contributed by atoms with Gasteiger partial charge in [0, 0.05) is 13.6 Å². The van der Waals surface area contributed by atoms with Crippen molar-refractivity contribution in [3.63, 3.8) is 0 Å². The fraction of sp³-hybridized carbons (Fsp3) is 0.308. The summed E-state index contributed by atoms with van der Waals surface area (Å²) in [5.41, 5.74) is 0.250. The number of carbonyl (C=O) groups is 2. The second-order valence-corrected chi connectivity index (χ2v) is 5.01. The molecular weight excluding hydrogens is 280 g/mol. The standard InChI is InChI=1S/C13H14N2O4S/c1-15(6-5-10(16)18-2)13(17)11-12(19-8-14-11)9-4-3-7-20-9/h3-4,7-8H,5-6H2,1-2H3. The summed E-state index contributed by atoms with van der Waals surface area (Å²) in [4.78, 5) is 29.6. The number of esters is 1. The SMILES string of the molecule is COC(=O)CCN(C)C(=O)c1ncoc1-c1cccs1. The molecule has 0 saturated heterocycles. The van der Waals surface area contributed by atoms with Crippen molar-refractivity contribution < 1.29 is 18.7 Å². The molecule has 0 fully saturated rings. The topological polar surface area (TPSA) is 72.6 Å². The lowest BCUT2D eigenvalue weighted by Crippen LogP contribution is -2.29. The van der Waals surface area contributed by atoms with Crippen LogP contribution in [0.3, 0.4) is 0 Å². The molecule has 0 unspecified atom stereocenters. The number of amides is 1. The molecule has 0 aromatic carbocycles. The van der Waals surface area contributed by atoms with Gasteiger partial charge in [-0.25, -0.2) is 4.98 Å². The summed E-state index contributed by atoms with van der Waals surface area (Å²) in [6.07, 6.45) is 1.39. The number of hydrogen-bond acceptors (Lipinski definition) is 6. The average Bonchev–Trinajstić information content (AvgIpc) is 3.12. The minimum absolute atomic E-state index is 0.144. The highest BCUT2D eigenvalue weighted by atomic mass is 32.1. The van der Waals surface area contributed by atoms with E-state index in [1.165, 1.54) is 29.7 Å². The van der Waals surface area contributed by atoms with Crippen molar-refractivity contribution in [1.29, 1.82) is 0 Å². The second kappa shape index (κ2) is 6.33. The Kier molecular flexibility index (Phi) is 4.52. The van der Waals surface area contributed by atoms with Gasteiger partial charge in [-0.2, -0.15) is 0 Å². The van der Waals surface area contributed by atoms with Crippen LogP contribution in [0.2, 0.25) is 0 Å². The van der Waals surface area contributed by atoms with E-state index in [1.807, 2.05) is 17.5 Å². The zero-order valence-electron chi connectivity index (χ0n) is 11.2. The monoisotopic (exact) mass is 294 g/mol. The summed E-state index contributed by atoms with van der Waals surface area (Å²) >= 11 is 1.47. The van der Waals surface area contributed by atoms with Crippen LogP contribution in [0.15, 0.2) is 28.3 Å². The van der Waals surface area contributed by atoms with Crippen molar-refractivity contribution in [1.82, 2.24) is 9.88 Å². The quantitative estimate of drug-likeness (QED) is 0.789. The predicted octanol–water partition coefficient (Wildman–Crippen LogP) is 2.04. The molecule has 0 spiro atoms. The molecule has 2 heterocycles. The van der Waals surface area contributed by atoms with Gasteiger partial charge < -0.3 is 14.1 Å². The normalized spacial score (nSPS) is 10.3. The molecule has 2 aromatic heterocycles. The smallest absolute Gasteiger partial charge is 0.307 e. The molecule has 0 bridgehead atoms. The number of methoxy groups -OCH3 is 1. The highest BCUT2D eigenvalue weighted by molar-refractivity contribution is 7.13. The van der Waals surface area contributed by atoms with E-state index < -0.39 is 0 Å². The van der Waals surface area contributed by atoms with Crippen molar-refractivity contribution >= 4 is 23.2 Å². The zero-order valence-corrected chi connectivity index (χ0v) is 12.0. The maximum absolute atomic E-state index is 12.3. The molecule has 2 rings (SSSR count). The molecule has 0 aliphatic heterocycles. The van der Waals surface area contributed by atoms with Crippen LogP contribution in [0.5, 0.6) is 0 Å². The molecule has 0 N–H and O–H groups in total. The van der Waals surface area contributed by atoms with E-state index >= 15 is 0 Å². The summed E-state index contributed by atoms with van der Waals surface area (Å²) in [5.74, 6) is -0.191. The minimum atomic E-state index is -0.358. The van der Waals surface area contributed by atoms with Crippen LogP contribution in [-0.4, -0.2) is 42.5 Å². The molecule has 0 aliphatic rings. The molecule has 7 heteroatoms. The Morgan fingerprint density at radius 2 is 2.30 bits per heavy atom. The molecule has 0 radical (unpaired) electrons. The van der Waals surface area contributed by atoms with Crippen molar-refractivity contribution in [2.24, 2.45) is 0 Å². The van der Waals surface area contributed by atoms with E-state index in [9.17, 15) is 9.59 Å². The van der Waals surface area contributed by atoms with Crippen molar-refractivity contribution in [2.75, 3.05) is 20.7 Å². The number of thiophene rings is 1. The van der Waals surface area contributed by atoms with Crippen LogP contribution >= 0.6 is 11.3 Å². The Labute approximate surface area is 120 Å². The summed E-state index contributed by atoms with van der Waals surface area (Å²) in [5, 5.41) is 1.90. The number of oxazole rings is 1. The van der Waals surface area contributed by atoms with Crippen molar-refractivity contribution in [3.8, 4) is 10.6 Å². The Bertz CT molecular complexity index is 591. The Hall–Kier alpha value is -2.15. The molecule has 20 heavy (non-hydrogen) atoms. The van der Waals surface area contributed by atoms with Crippen LogP contribution in [0, 0.1) is 0 Å². The third-order valence-corrected chi connectivity index (χ3v) is 3.61.